The van der Waals surface area contributed by atoms with Gasteiger partial charge in [-0.25, -0.2) is 4.68 Å². The lowest BCUT2D eigenvalue weighted by Crippen LogP contribution is -2.34. The molecular weight excluding hydrogens is 354 g/mol. The van der Waals surface area contributed by atoms with Gasteiger partial charge in [0, 0.05) is 38.0 Å². The minimum atomic E-state index is -0.170. The van der Waals surface area contributed by atoms with Gasteiger partial charge in [0.05, 0.1) is 24.3 Å². The Morgan fingerprint density at radius 3 is 2.71 bits per heavy atom. The Morgan fingerprint density at radius 1 is 1.18 bits per heavy atom. The lowest BCUT2D eigenvalue weighted by molar-refractivity contribution is 0.102. The van der Waals surface area contributed by atoms with E-state index in [1.54, 1.807) is 30.7 Å². The molecular formula is C21H25N5O2. The van der Waals surface area contributed by atoms with Crippen molar-refractivity contribution in [3.63, 3.8) is 0 Å². The van der Waals surface area contributed by atoms with Crippen LogP contribution in [0.25, 0.3) is 0 Å². The zero-order valence-corrected chi connectivity index (χ0v) is 16.0. The summed E-state index contributed by atoms with van der Waals surface area (Å²) in [6.45, 7) is 4.89. The summed E-state index contributed by atoms with van der Waals surface area (Å²) in [4.78, 5) is 18.8. The van der Waals surface area contributed by atoms with Gasteiger partial charge in [0.1, 0.15) is 17.3 Å². The van der Waals surface area contributed by atoms with E-state index in [1.165, 1.54) is 0 Å². The van der Waals surface area contributed by atoms with E-state index in [9.17, 15) is 4.79 Å². The molecule has 3 aromatic heterocycles. The summed E-state index contributed by atoms with van der Waals surface area (Å²) in [6, 6.07) is 9.76. The Morgan fingerprint density at radius 2 is 2.00 bits per heavy atom. The average Bonchev–Trinajstić information content (AvgIpc) is 3.38. The summed E-state index contributed by atoms with van der Waals surface area (Å²) in [5.41, 5.74) is 0.537. The summed E-state index contributed by atoms with van der Waals surface area (Å²) < 4.78 is 7.77. The maximum atomic E-state index is 12.4. The lowest BCUT2D eigenvalue weighted by Gasteiger charge is -2.32. The molecule has 4 rings (SSSR count). The number of aryl methyl sites for hydroxylation is 1. The number of rotatable bonds is 6. The van der Waals surface area contributed by atoms with E-state index in [-0.39, 0.29) is 11.9 Å². The van der Waals surface area contributed by atoms with Crippen LogP contribution in [0.5, 0.6) is 0 Å². The molecule has 1 amide bonds. The average molecular weight is 379 g/mol. The smallest absolute Gasteiger partial charge is 0.258 e. The molecule has 0 aromatic carbocycles. The van der Waals surface area contributed by atoms with Crippen LogP contribution >= 0.6 is 0 Å². The quantitative estimate of drug-likeness (QED) is 0.709. The summed E-state index contributed by atoms with van der Waals surface area (Å²) >= 11 is 0. The molecule has 0 aliphatic carbocycles. The largest absolute Gasteiger partial charge is 0.465 e. The van der Waals surface area contributed by atoms with Crippen LogP contribution in [0.15, 0.2) is 53.3 Å². The Hall–Kier alpha value is -2.93. The zero-order valence-electron chi connectivity index (χ0n) is 16.0. The first kappa shape index (κ1) is 18.4. The van der Waals surface area contributed by atoms with Crippen LogP contribution in [0.4, 0.5) is 5.82 Å². The summed E-state index contributed by atoms with van der Waals surface area (Å²) in [7, 11) is 0. The minimum Gasteiger partial charge on any atom is -0.465 e. The van der Waals surface area contributed by atoms with E-state index >= 15 is 0 Å². The summed E-state index contributed by atoms with van der Waals surface area (Å²) in [5.74, 6) is 2.62. The fraction of sp³-hybridized carbons (Fsp3) is 0.381. The number of furan rings is 1. The fourth-order valence-corrected chi connectivity index (χ4v) is 3.63. The number of carbonyl (C=O) groups is 1. The van der Waals surface area contributed by atoms with Crippen molar-refractivity contribution in [1.29, 1.82) is 0 Å². The molecule has 146 valence electrons. The second-order valence-electron chi connectivity index (χ2n) is 7.09. The fourth-order valence-electron chi connectivity index (χ4n) is 3.63. The molecule has 1 saturated heterocycles. The highest BCUT2D eigenvalue weighted by Gasteiger charge is 2.24. The van der Waals surface area contributed by atoms with Gasteiger partial charge in [-0.15, -0.1) is 0 Å². The van der Waals surface area contributed by atoms with Crippen molar-refractivity contribution in [2.24, 2.45) is 0 Å². The zero-order chi connectivity index (χ0) is 19.3. The van der Waals surface area contributed by atoms with Gasteiger partial charge in [-0.05, 0) is 37.1 Å². The number of anilines is 1. The topological polar surface area (TPSA) is 76.2 Å². The molecule has 0 atom stereocenters. The van der Waals surface area contributed by atoms with E-state index in [0.717, 1.165) is 56.2 Å². The Labute approximate surface area is 164 Å². The summed E-state index contributed by atoms with van der Waals surface area (Å²) in [6.07, 6.45) is 7.85. The van der Waals surface area contributed by atoms with Crippen molar-refractivity contribution in [3.05, 3.63) is 66.0 Å². The molecule has 0 saturated carbocycles. The predicted molar refractivity (Wildman–Crippen MR) is 106 cm³/mol. The molecule has 7 nitrogen and oxygen atoms in total. The molecule has 1 fully saturated rings. The number of nitrogens with zero attached hydrogens (tertiary/aromatic N) is 4. The van der Waals surface area contributed by atoms with Gasteiger partial charge in [-0.3, -0.25) is 14.7 Å². The first-order valence-corrected chi connectivity index (χ1v) is 9.77. The van der Waals surface area contributed by atoms with E-state index in [2.05, 4.69) is 39.4 Å². The first-order chi connectivity index (χ1) is 13.7. The number of hydrogen-bond acceptors (Lipinski definition) is 5. The number of likely N-dealkylation sites (tertiary alicyclic amines) is 1. The summed E-state index contributed by atoms with van der Waals surface area (Å²) in [5, 5.41) is 7.42. The highest BCUT2D eigenvalue weighted by Crippen LogP contribution is 2.26. The number of aromatic nitrogens is 3. The lowest BCUT2D eigenvalue weighted by atomic mass is 10.1. The van der Waals surface area contributed by atoms with Crippen molar-refractivity contribution in [1.82, 2.24) is 19.7 Å². The van der Waals surface area contributed by atoms with Gasteiger partial charge >= 0.3 is 0 Å². The van der Waals surface area contributed by atoms with Crippen molar-refractivity contribution < 1.29 is 9.21 Å². The molecule has 3 aromatic rings. The van der Waals surface area contributed by atoms with Gasteiger partial charge in [0.25, 0.3) is 5.91 Å². The molecule has 0 radical (unpaired) electrons. The van der Waals surface area contributed by atoms with E-state index in [4.69, 9.17) is 4.42 Å². The Kier molecular flexibility index (Phi) is 5.53. The molecule has 4 heterocycles. The number of hydrogen-bond donors (Lipinski definition) is 1. The molecule has 1 N–H and O–H groups in total. The van der Waals surface area contributed by atoms with Gasteiger partial charge in [0.2, 0.25) is 0 Å². The predicted octanol–water partition coefficient (Wildman–Crippen LogP) is 3.52. The Bertz CT molecular complexity index is 910. The maximum Gasteiger partial charge on any atom is 0.258 e. The third kappa shape index (κ3) is 4.14. The number of piperidine rings is 1. The van der Waals surface area contributed by atoms with Crippen LogP contribution in [-0.2, 0) is 13.0 Å². The molecule has 28 heavy (non-hydrogen) atoms. The van der Waals surface area contributed by atoms with Crippen LogP contribution in [0, 0.1) is 0 Å². The highest BCUT2D eigenvalue weighted by atomic mass is 16.3. The van der Waals surface area contributed by atoms with Crippen LogP contribution in [0.1, 0.15) is 47.7 Å². The standard InChI is InChI=1S/C21H25N5O2/c1-2-18-5-6-19(28-18)15-25-12-8-17(9-13-25)26-20(7-11-23-26)24-21(27)16-4-3-10-22-14-16/h3-7,10-11,14,17H,2,8-9,12-13,15H2,1H3,(H,24,27). The molecule has 1 aliphatic heterocycles. The van der Waals surface area contributed by atoms with Crippen molar-refractivity contribution in [2.45, 2.75) is 38.8 Å². The van der Waals surface area contributed by atoms with Gasteiger partial charge in [-0.2, -0.15) is 5.10 Å². The van der Waals surface area contributed by atoms with Gasteiger partial charge in [-0.1, -0.05) is 6.92 Å². The van der Waals surface area contributed by atoms with Crippen molar-refractivity contribution >= 4 is 11.7 Å². The first-order valence-electron chi connectivity index (χ1n) is 9.77. The number of amides is 1. The molecule has 0 unspecified atom stereocenters. The number of carbonyl (C=O) groups excluding carboxylic acids is 1. The van der Waals surface area contributed by atoms with Crippen LogP contribution < -0.4 is 5.32 Å². The SMILES string of the molecule is CCc1ccc(CN2CCC(n3nccc3NC(=O)c3cccnc3)CC2)o1. The third-order valence-corrected chi connectivity index (χ3v) is 5.18. The molecule has 0 spiro atoms. The second kappa shape index (κ2) is 8.39. The maximum absolute atomic E-state index is 12.4. The number of pyridine rings is 1. The van der Waals surface area contributed by atoms with Crippen LogP contribution in [-0.4, -0.2) is 38.7 Å². The monoisotopic (exact) mass is 379 g/mol. The third-order valence-electron chi connectivity index (χ3n) is 5.18. The van der Waals surface area contributed by atoms with Crippen molar-refractivity contribution in [3.8, 4) is 0 Å². The van der Waals surface area contributed by atoms with Gasteiger partial charge < -0.3 is 9.73 Å². The van der Waals surface area contributed by atoms with E-state index < -0.39 is 0 Å². The Balaban J connectivity index is 1.35. The van der Waals surface area contributed by atoms with E-state index in [0.29, 0.717) is 5.56 Å². The van der Waals surface area contributed by atoms with E-state index in [1.807, 2.05) is 10.7 Å². The molecule has 7 heteroatoms. The molecule has 0 bridgehead atoms. The number of nitrogens with one attached hydrogen (secondary N) is 1. The second-order valence-corrected chi connectivity index (χ2v) is 7.09. The van der Waals surface area contributed by atoms with Crippen LogP contribution in [0.2, 0.25) is 0 Å². The van der Waals surface area contributed by atoms with Crippen LogP contribution in [0.3, 0.4) is 0 Å². The normalized spacial score (nSPS) is 15.6. The van der Waals surface area contributed by atoms with Crippen molar-refractivity contribution in [2.75, 3.05) is 18.4 Å². The highest BCUT2D eigenvalue weighted by molar-refractivity contribution is 6.03. The molecule has 1 aliphatic rings. The van der Waals surface area contributed by atoms with Gasteiger partial charge in [0.15, 0.2) is 0 Å². The minimum absolute atomic E-state index is 0.170.